The largest absolute Gasteiger partial charge is 0.416 e. The number of rotatable bonds is 5. The first kappa shape index (κ1) is 22.9. The van der Waals surface area contributed by atoms with E-state index in [1.165, 1.54) is 24.1 Å². The summed E-state index contributed by atoms with van der Waals surface area (Å²) in [5.41, 5.74) is -3.10. The summed E-state index contributed by atoms with van der Waals surface area (Å²) in [7, 11) is 1.43. The average Bonchev–Trinajstić information content (AvgIpc) is 2.76. The van der Waals surface area contributed by atoms with Crippen LogP contribution in [-0.2, 0) is 12.7 Å². The number of carbonyl (C=O) groups is 1. The van der Waals surface area contributed by atoms with Gasteiger partial charge in [-0.1, -0.05) is 12.1 Å². The lowest BCUT2D eigenvalue weighted by Gasteiger charge is -2.16. The van der Waals surface area contributed by atoms with E-state index < -0.39 is 40.4 Å². The van der Waals surface area contributed by atoms with Gasteiger partial charge in [-0.25, -0.2) is 9.18 Å². The molecule has 0 saturated heterocycles. The molecule has 168 valence electrons. The highest BCUT2D eigenvalue weighted by atomic mass is 19.4. The van der Waals surface area contributed by atoms with E-state index in [9.17, 15) is 31.9 Å². The van der Waals surface area contributed by atoms with E-state index >= 15 is 0 Å². The Bertz CT molecular complexity index is 1250. The molecular weight excluding hydrogens is 432 g/mol. The Kier molecular flexibility index (Phi) is 6.28. The van der Waals surface area contributed by atoms with Gasteiger partial charge in [0.2, 0.25) is 5.69 Å². The smallest absolute Gasteiger partial charge is 0.340 e. The molecule has 3 aromatic rings. The van der Waals surface area contributed by atoms with Crippen molar-refractivity contribution < 1.29 is 22.4 Å². The van der Waals surface area contributed by atoms with Crippen LogP contribution in [0.2, 0.25) is 0 Å². The normalized spacial score (nSPS) is 11.4. The molecule has 1 aromatic heterocycles. The first-order valence-corrected chi connectivity index (χ1v) is 9.44. The van der Waals surface area contributed by atoms with Gasteiger partial charge < -0.3 is 4.90 Å². The van der Waals surface area contributed by atoms with Gasteiger partial charge in [0, 0.05) is 13.6 Å². The van der Waals surface area contributed by atoms with Gasteiger partial charge in [-0.3, -0.25) is 14.2 Å². The minimum Gasteiger partial charge on any atom is -0.340 e. The van der Waals surface area contributed by atoms with E-state index in [1.807, 2.05) is 0 Å². The molecule has 0 radical (unpaired) electrons. The van der Waals surface area contributed by atoms with Crippen molar-refractivity contribution >= 4 is 5.91 Å². The zero-order chi connectivity index (χ0) is 23.6. The molecule has 0 bridgehead atoms. The Morgan fingerprint density at radius 1 is 1.03 bits per heavy atom. The molecule has 2 aromatic carbocycles. The first-order chi connectivity index (χ1) is 15.0. The van der Waals surface area contributed by atoms with E-state index in [1.54, 1.807) is 6.92 Å². The van der Waals surface area contributed by atoms with E-state index in [4.69, 9.17) is 0 Å². The zero-order valence-electron chi connectivity index (χ0n) is 17.1. The molecule has 0 saturated carbocycles. The van der Waals surface area contributed by atoms with E-state index in [-0.39, 0.29) is 18.8 Å². The SMILES string of the molecule is CCN(C)C(=O)c1nn(-c2ccc(C(F)(F)F)cc2)c(=O)n(Cc2ccc(F)cc2)c1=O. The van der Waals surface area contributed by atoms with E-state index in [0.717, 1.165) is 41.0 Å². The summed E-state index contributed by atoms with van der Waals surface area (Å²) in [6, 6.07) is 8.58. The summed E-state index contributed by atoms with van der Waals surface area (Å²) in [5, 5.41) is 3.86. The second-order valence-corrected chi connectivity index (χ2v) is 6.92. The van der Waals surface area contributed by atoms with Crippen molar-refractivity contribution in [2.24, 2.45) is 0 Å². The van der Waals surface area contributed by atoms with Crippen LogP contribution in [-0.4, -0.2) is 38.7 Å². The van der Waals surface area contributed by atoms with Gasteiger partial charge >= 0.3 is 11.9 Å². The van der Waals surface area contributed by atoms with Crippen molar-refractivity contribution in [1.29, 1.82) is 0 Å². The fourth-order valence-electron chi connectivity index (χ4n) is 2.84. The topological polar surface area (TPSA) is 77.2 Å². The van der Waals surface area contributed by atoms with Crippen LogP contribution in [0, 0.1) is 5.82 Å². The lowest BCUT2D eigenvalue weighted by atomic mass is 10.2. The maximum atomic E-state index is 13.2. The fourth-order valence-corrected chi connectivity index (χ4v) is 2.84. The van der Waals surface area contributed by atoms with Crippen molar-refractivity contribution in [2.45, 2.75) is 19.6 Å². The van der Waals surface area contributed by atoms with E-state index in [0.29, 0.717) is 10.2 Å². The third-order valence-corrected chi connectivity index (χ3v) is 4.78. The van der Waals surface area contributed by atoms with Crippen molar-refractivity contribution in [2.75, 3.05) is 13.6 Å². The highest BCUT2D eigenvalue weighted by Gasteiger charge is 2.30. The maximum absolute atomic E-state index is 13.2. The van der Waals surface area contributed by atoms with Crippen LogP contribution in [0.5, 0.6) is 0 Å². The molecule has 0 unspecified atom stereocenters. The Balaban J connectivity index is 2.20. The number of aromatic nitrogens is 3. The molecule has 3 rings (SSSR count). The Morgan fingerprint density at radius 2 is 1.62 bits per heavy atom. The number of hydrogen-bond acceptors (Lipinski definition) is 4. The predicted molar refractivity (Wildman–Crippen MR) is 107 cm³/mol. The molecule has 11 heteroatoms. The molecule has 1 amide bonds. The van der Waals surface area contributed by atoms with Crippen LogP contribution in [0.4, 0.5) is 17.6 Å². The molecule has 0 aliphatic carbocycles. The molecule has 7 nitrogen and oxygen atoms in total. The van der Waals surface area contributed by atoms with Gasteiger partial charge in [0.1, 0.15) is 5.82 Å². The number of alkyl halides is 3. The van der Waals surface area contributed by atoms with Crippen LogP contribution >= 0.6 is 0 Å². The Morgan fingerprint density at radius 3 is 2.16 bits per heavy atom. The predicted octanol–water partition coefficient (Wildman–Crippen LogP) is 2.69. The van der Waals surface area contributed by atoms with Gasteiger partial charge in [0.25, 0.3) is 11.5 Å². The Labute approximate surface area is 179 Å². The third-order valence-electron chi connectivity index (χ3n) is 4.78. The fraction of sp³-hybridized carbons (Fsp3) is 0.238. The molecule has 0 fully saturated rings. The quantitative estimate of drug-likeness (QED) is 0.560. The monoisotopic (exact) mass is 450 g/mol. The van der Waals surface area contributed by atoms with Crippen LogP contribution < -0.4 is 11.2 Å². The minimum absolute atomic E-state index is 0.0657. The number of hydrogen-bond donors (Lipinski definition) is 0. The van der Waals surface area contributed by atoms with Crippen molar-refractivity contribution in [3.63, 3.8) is 0 Å². The van der Waals surface area contributed by atoms with Crippen molar-refractivity contribution in [3.8, 4) is 5.69 Å². The second kappa shape index (κ2) is 8.77. The molecule has 0 atom stereocenters. The van der Waals surface area contributed by atoms with Crippen molar-refractivity contribution in [1.82, 2.24) is 19.2 Å². The van der Waals surface area contributed by atoms with Crippen LogP contribution in [0.15, 0.2) is 58.1 Å². The molecule has 0 aliphatic rings. The van der Waals surface area contributed by atoms with Gasteiger partial charge in [-0.2, -0.15) is 23.0 Å². The van der Waals surface area contributed by atoms with Crippen LogP contribution in [0.1, 0.15) is 28.5 Å². The van der Waals surface area contributed by atoms with Gasteiger partial charge in [-0.05, 0) is 48.9 Å². The van der Waals surface area contributed by atoms with Crippen LogP contribution in [0.25, 0.3) is 5.69 Å². The lowest BCUT2D eigenvalue weighted by Crippen LogP contribution is -2.46. The average molecular weight is 450 g/mol. The number of carbonyl (C=O) groups excluding carboxylic acids is 1. The number of amides is 1. The molecule has 32 heavy (non-hydrogen) atoms. The van der Waals surface area contributed by atoms with Gasteiger partial charge in [0.15, 0.2) is 0 Å². The van der Waals surface area contributed by atoms with Crippen molar-refractivity contribution in [3.05, 3.63) is 92.0 Å². The number of benzene rings is 2. The maximum Gasteiger partial charge on any atom is 0.416 e. The lowest BCUT2D eigenvalue weighted by molar-refractivity contribution is -0.137. The second-order valence-electron chi connectivity index (χ2n) is 6.92. The summed E-state index contributed by atoms with van der Waals surface area (Å²) in [6.45, 7) is 1.62. The first-order valence-electron chi connectivity index (χ1n) is 9.44. The summed E-state index contributed by atoms with van der Waals surface area (Å²) >= 11 is 0. The molecule has 0 aliphatic heterocycles. The third kappa shape index (κ3) is 4.61. The molecule has 0 N–H and O–H groups in total. The number of nitrogens with zero attached hydrogens (tertiary/aromatic N) is 4. The van der Waals surface area contributed by atoms with Gasteiger partial charge in [-0.15, -0.1) is 0 Å². The highest BCUT2D eigenvalue weighted by Crippen LogP contribution is 2.29. The van der Waals surface area contributed by atoms with E-state index in [2.05, 4.69) is 5.10 Å². The molecular formula is C21H18F4N4O3. The standard InChI is InChI=1S/C21H18F4N4O3/c1-3-27(2)18(30)17-19(31)28(12-13-4-8-15(22)9-5-13)20(32)29(26-17)16-10-6-14(7-11-16)21(23,24)25/h4-11H,3,12H2,1-2H3. The summed E-state index contributed by atoms with van der Waals surface area (Å²) in [4.78, 5) is 39.8. The minimum atomic E-state index is -4.58. The van der Waals surface area contributed by atoms with Crippen LogP contribution in [0.3, 0.4) is 0 Å². The molecule has 1 heterocycles. The highest BCUT2D eigenvalue weighted by molar-refractivity contribution is 5.91. The number of halogens is 4. The zero-order valence-corrected chi connectivity index (χ0v) is 17.1. The van der Waals surface area contributed by atoms with Gasteiger partial charge in [0.05, 0.1) is 17.8 Å². The summed E-state index contributed by atoms with van der Waals surface area (Å²) < 4.78 is 53.3. The summed E-state index contributed by atoms with van der Waals surface area (Å²) in [5.74, 6) is -1.27. The Hall–Kier alpha value is -3.76. The summed E-state index contributed by atoms with van der Waals surface area (Å²) in [6.07, 6.45) is -4.58. The molecule has 0 spiro atoms.